The van der Waals surface area contributed by atoms with E-state index >= 15 is 0 Å². The van der Waals surface area contributed by atoms with E-state index < -0.39 is 12.1 Å². The molecule has 1 aliphatic heterocycles. The number of ether oxygens (including phenoxy) is 1. The van der Waals surface area contributed by atoms with E-state index in [0.29, 0.717) is 11.3 Å². The molecule has 56 valence electrons. The summed E-state index contributed by atoms with van der Waals surface area (Å²) in [6.07, 6.45) is -1.59. The average Bonchev–Trinajstić information content (AvgIpc) is 2.30. The summed E-state index contributed by atoms with van der Waals surface area (Å²) in [5.41, 5.74) is 0.331. The number of carbonyl (C=O) groups excluding carboxylic acids is 1. The molecule has 0 amide bonds. The summed E-state index contributed by atoms with van der Waals surface area (Å²) in [5, 5.41) is 0. The summed E-state index contributed by atoms with van der Waals surface area (Å²) >= 11 is 0. The van der Waals surface area contributed by atoms with Crippen LogP contribution in [0.5, 0.6) is 5.75 Å². The fourth-order valence-corrected chi connectivity index (χ4v) is 1.07. The summed E-state index contributed by atoms with van der Waals surface area (Å²) in [7, 11) is 0. The Labute approximate surface area is 62.6 Å². The molecule has 2 nitrogen and oxygen atoms in total. The zero-order chi connectivity index (χ0) is 7.84. The van der Waals surface area contributed by atoms with Crippen LogP contribution < -0.4 is 4.74 Å². The second kappa shape index (κ2) is 2.05. The molecule has 0 radical (unpaired) electrons. The molecule has 0 spiro atoms. The van der Waals surface area contributed by atoms with Crippen LogP contribution >= 0.6 is 0 Å². The highest BCUT2D eigenvalue weighted by Crippen LogP contribution is 2.34. The van der Waals surface area contributed by atoms with Gasteiger partial charge in [-0.2, -0.15) is 0 Å². The number of benzene rings is 1. The molecule has 3 heteroatoms. The van der Waals surface area contributed by atoms with Gasteiger partial charge in [0.25, 0.3) is 0 Å². The van der Waals surface area contributed by atoms with Gasteiger partial charge in [-0.1, -0.05) is 18.2 Å². The Kier molecular flexibility index (Phi) is 1.18. The number of rotatable bonds is 0. The molecule has 1 heterocycles. The molecular formula is C8H5FO2. The lowest BCUT2D eigenvalue weighted by Crippen LogP contribution is -2.04. The van der Waals surface area contributed by atoms with Gasteiger partial charge in [0.05, 0.1) is 0 Å². The summed E-state index contributed by atoms with van der Waals surface area (Å²) in [6, 6.07) is 6.50. The molecule has 0 N–H and O–H groups in total. The van der Waals surface area contributed by atoms with E-state index in [4.69, 9.17) is 0 Å². The number of carbonyl (C=O) groups is 1. The summed E-state index contributed by atoms with van der Waals surface area (Å²) in [4.78, 5) is 10.6. The summed E-state index contributed by atoms with van der Waals surface area (Å²) in [6.45, 7) is 0. The van der Waals surface area contributed by atoms with Gasteiger partial charge in [0.15, 0.2) is 0 Å². The third-order valence-electron chi connectivity index (χ3n) is 1.61. The second-order valence-corrected chi connectivity index (χ2v) is 2.32. The van der Waals surface area contributed by atoms with Crippen molar-refractivity contribution in [2.75, 3.05) is 0 Å². The van der Waals surface area contributed by atoms with Crippen molar-refractivity contribution in [3.8, 4) is 5.75 Å². The average molecular weight is 152 g/mol. The molecule has 0 aliphatic carbocycles. The first-order chi connectivity index (χ1) is 5.29. The predicted octanol–water partition coefficient (Wildman–Crippen LogP) is 1.62. The Bertz CT molecular complexity index is 309. The van der Waals surface area contributed by atoms with E-state index in [1.165, 1.54) is 0 Å². The maximum atomic E-state index is 12.8. The van der Waals surface area contributed by atoms with Crippen molar-refractivity contribution in [2.45, 2.75) is 6.17 Å². The monoisotopic (exact) mass is 152 g/mol. The summed E-state index contributed by atoms with van der Waals surface area (Å²) < 4.78 is 17.4. The Morgan fingerprint density at radius 3 is 2.82 bits per heavy atom. The third kappa shape index (κ3) is 0.808. The summed E-state index contributed by atoms with van der Waals surface area (Å²) in [5.74, 6) is -0.476. The molecule has 1 aromatic rings. The van der Waals surface area contributed by atoms with E-state index in [1.807, 2.05) is 0 Å². The Hall–Kier alpha value is -1.38. The topological polar surface area (TPSA) is 26.3 Å². The standard InChI is InChI=1S/C8H5FO2/c9-7-5-3-1-2-4-6(5)11-8(7)10/h1-4,7H. The smallest absolute Gasteiger partial charge is 0.351 e. The minimum absolute atomic E-state index is 0.331. The molecule has 1 aromatic carbocycles. The zero-order valence-electron chi connectivity index (χ0n) is 5.58. The van der Waals surface area contributed by atoms with Gasteiger partial charge < -0.3 is 4.74 Å². The van der Waals surface area contributed by atoms with E-state index in [9.17, 15) is 9.18 Å². The number of hydrogen-bond donors (Lipinski definition) is 0. The molecule has 0 saturated carbocycles. The van der Waals surface area contributed by atoms with Crippen LogP contribution in [0.2, 0.25) is 0 Å². The van der Waals surface area contributed by atoms with Crippen molar-refractivity contribution in [3.05, 3.63) is 29.8 Å². The molecular weight excluding hydrogens is 147 g/mol. The van der Waals surface area contributed by atoms with E-state index in [1.54, 1.807) is 24.3 Å². The van der Waals surface area contributed by atoms with Crippen LogP contribution in [0.25, 0.3) is 0 Å². The van der Waals surface area contributed by atoms with Gasteiger partial charge in [-0.05, 0) is 6.07 Å². The lowest BCUT2D eigenvalue weighted by molar-refractivity contribution is -0.137. The molecule has 2 rings (SSSR count). The largest absolute Gasteiger partial charge is 0.424 e. The normalized spacial score (nSPS) is 21.2. The molecule has 1 atom stereocenters. The van der Waals surface area contributed by atoms with Crippen LogP contribution in [0.3, 0.4) is 0 Å². The minimum Gasteiger partial charge on any atom is -0.424 e. The molecule has 1 unspecified atom stereocenters. The first-order valence-electron chi connectivity index (χ1n) is 3.24. The first-order valence-corrected chi connectivity index (χ1v) is 3.24. The van der Waals surface area contributed by atoms with Gasteiger partial charge in [0, 0.05) is 5.56 Å². The van der Waals surface area contributed by atoms with Gasteiger partial charge in [-0.25, -0.2) is 9.18 Å². The third-order valence-corrected chi connectivity index (χ3v) is 1.61. The highest BCUT2D eigenvalue weighted by Gasteiger charge is 2.32. The van der Waals surface area contributed by atoms with E-state index in [2.05, 4.69) is 4.74 Å². The van der Waals surface area contributed by atoms with Crippen molar-refractivity contribution in [3.63, 3.8) is 0 Å². The van der Waals surface area contributed by atoms with Crippen molar-refractivity contribution >= 4 is 5.97 Å². The molecule has 11 heavy (non-hydrogen) atoms. The van der Waals surface area contributed by atoms with Crippen molar-refractivity contribution in [1.29, 1.82) is 0 Å². The number of alkyl halides is 1. The zero-order valence-corrected chi connectivity index (χ0v) is 5.58. The Balaban J connectivity index is 2.55. The molecule has 0 fully saturated rings. The van der Waals surface area contributed by atoms with Crippen LogP contribution in [0.15, 0.2) is 24.3 Å². The van der Waals surface area contributed by atoms with Crippen LogP contribution in [-0.4, -0.2) is 5.97 Å². The van der Waals surface area contributed by atoms with Crippen molar-refractivity contribution in [2.24, 2.45) is 0 Å². The van der Waals surface area contributed by atoms with Crippen LogP contribution in [0, 0.1) is 0 Å². The number of para-hydroxylation sites is 1. The fraction of sp³-hybridized carbons (Fsp3) is 0.125. The van der Waals surface area contributed by atoms with Crippen LogP contribution in [-0.2, 0) is 4.79 Å². The van der Waals surface area contributed by atoms with Crippen molar-refractivity contribution < 1.29 is 13.9 Å². The quantitative estimate of drug-likeness (QED) is 0.417. The second-order valence-electron chi connectivity index (χ2n) is 2.32. The van der Waals surface area contributed by atoms with Crippen LogP contribution in [0.4, 0.5) is 4.39 Å². The van der Waals surface area contributed by atoms with E-state index in [0.717, 1.165) is 0 Å². The molecule has 0 aromatic heterocycles. The van der Waals surface area contributed by atoms with Gasteiger partial charge in [-0.3, -0.25) is 0 Å². The van der Waals surface area contributed by atoms with E-state index in [-0.39, 0.29) is 0 Å². The lowest BCUT2D eigenvalue weighted by atomic mass is 10.1. The maximum absolute atomic E-state index is 12.8. The first kappa shape index (κ1) is 6.34. The highest BCUT2D eigenvalue weighted by molar-refractivity contribution is 5.84. The van der Waals surface area contributed by atoms with Gasteiger partial charge >= 0.3 is 5.97 Å². The van der Waals surface area contributed by atoms with Crippen molar-refractivity contribution in [1.82, 2.24) is 0 Å². The Morgan fingerprint density at radius 1 is 1.36 bits per heavy atom. The SMILES string of the molecule is O=C1Oc2ccccc2C1F. The molecule has 0 saturated heterocycles. The van der Waals surface area contributed by atoms with Gasteiger partial charge in [0.1, 0.15) is 5.75 Å². The fourth-order valence-electron chi connectivity index (χ4n) is 1.07. The number of fused-ring (bicyclic) bond motifs is 1. The van der Waals surface area contributed by atoms with Gasteiger partial charge in [0.2, 0.25) is 6.17 Å². The number of halogens is 1. The molecule has 1 aliphatic rings. The maximum Gasteiger partial charge on any atom is 0.351 e. The minimum atomic E-state index is -1.59. The lowest BCUT2D eigenvalue weighted by Gasteiger charge is -1.92. The molecule has 0 bridgehead atoms. The number of hydrogen-bond acceptors (Lipinski definition) is 2. The van der Waals surface area contributed by atoms with Crippen LogP contribution in [0.1, 0.15) is 11.7 Å². The highest BCUT2D eigenvalue weighted by atomic mass is 19.1. The predicted molar refractivity (Wildman–Crippen MR) is 35.9 cm³/mol. The Morgan fingerprint density at radius 2 is 2.09 bits per heavy atom. The van der Waals surface area contributed by atoms with Gasteiger partial charge in [-0.15, -0.1) is 0 Å². The number of esters is 1.